The van der Waals surface area contributed by atoms with Crippen molar-refractivity contribution in [2.75, 3.05) is 5.32 Å². The number of benzene rings is 2. The van der Waals surface area contributed by atoms with E-state index in [2.05, 4.69) is 40.6 Å². The number of anilines is 2. The molecule has 22 heavy (non-hydrogen) atoms. The van der Waals surface area contributed by atoms with Crippen LogP contribution in [0.25, 0.3) is 20.8 Å². The van der Waals surface area contributed by atoms with Crippen molar-refractivity contribution in [2.45, 2.75) is 0 Å². The molecule has 4 rings (SSSR count). The van der Waals surface area contributed by atoms with Gasteiger partial charge >= 0.3 is 0 Å². The molecule has 106 valence electrons. The Morgan fingerprint density at radius 2 is 1.68 bits per heavy atom. The zero-order chi connectivity index (χ0) is 14.8. The SMILES string of the molecule is c1cc(Nc2ccncc2)cc(-c2nc3ccccc3s2)c1. The normalized spacial score (nSPS) is 10.7. The predicted octanol–water partition coefficient (Wildman–Crippen LogP) is 5.10. The molecule has 0 aliphatic carbocycles. The minimum Gasteiger partial charge on any atom is -0.355 e. The molecular formula is C18H13N3S. The lowest BCUT2D eigenvalue weighted by atomic mass is 10.2. The molecular weight excluding hydrogens is 290 g/mol. The van der Waals surface area contributed by atoms with Crippen LogP contribution in [0.2, 0.25) is 0 Å². The summed E-state index contributed by atoms with van der Waals surface area (Å²) in [5, 5.41) is 4.43. The Balaban J connectivity index is 1.69. The van der Waals surface area contributed by atoms with Crippen LogP contribution in [0.5, 0.6) is 0 Å². The number of hydrogen-bond acceptors (Lipinski definition) is 4. The number of nitrogens with zero attached hydrogens (tertiary/aromatic N) is 2. The second-order valence-corrected chi connectivity index (χ2v) is 5.96. The topological polar surface area (TPSA) is 37.8 Å². The lowest BCUT2D eigenvalue weighted by Gasteiger charge is -2.07. The summed E-state index contributed by atoms with van der Waals surface area (Å²) in [5.74, 6) is 0. The van der Waals surface area contributed by atoms with Gasteiger partial charge in [-0.25, -0.2) is 4.98 Å². The first-order chi connectivity index (χ1) is 10.9. The van der Waals surface area contributed by atoms with Crippen molar-refractivity contribution < 1.29 is 0 Å². The average molecular weight is 303 g/mol. The summed E-state index contributed by atoms with van der Waals surface area (Å²) in [7, 11) is 0. The molecule has 2 aromatic heterocycles. The van der Waals surface area contributed by atoms with Gasteiger partial charge < -0.3 is 5.32 Å². The van der Waals surface area contributed by atoms with E-state index in [1.54, 1.807) is 23.7 Å². The summed E-state index contributed by atoms with van der Waals surface area (Å²) in [4.78, 5) is 8.74. The van der Waals surface area contributed by atoms with Crippen LogP contribution < -0.4 is 5.32 Å². The van der Waals surface area contributed by atoms with E-state index in [1.807, 2.05) is 30.3 Å². The second kappa shape index (κ2) is 5.58. The van der Waals surface area contributed by atoms with Crippen LogP contribution in [0.3, 0.4) is 0 Å². The number of aromatic nitrogens is 2. The highest BCUT2D eigenvalue weighted by molar-refractivity contribution is 7.21. The molecule has 2 heterocycles. The van der Waals surface area contributed by atoms with E-state index >= 15 is 0 Å². The molecule has 1 N–H and O–H groups in total. The summed E-state index contributed by atoms with van der Waals surface area (Å²) in [6, 6.07) is 20.4. The van der Waals surface area contributed by atoms with Crippen molar-refractivity contribution in [1.82, 2.24) is 9.97 Å². The largest absolute Gasteiger partial charge is 0.355 e. The summed E-state index contributed by atoms with van der Waals surface area (Å²) < 4.78 is 1.21. The summed E-state index contributed by atoms with van der Waals surface area (Å²) in [6.07, 6.45) is 3.56. The maximum absolute atomic E-state index is 4.71. The Hall–Kier alpha value is -2.72. The molecule has 0 spiro atoms. The van der Waals surface area contributed by atoms with Gasteiger partial charge in [-0.3, -0.25) is 4.98 Å². The molecule has 4 heteroatoms. The third kappa shape index (κ3) is 2.56. The fraction of sp³-hybridized carbons (Fsp3) is 0. The van der Waals surface area contributed by atoms with Crippen molar-refractivity contribution in [3.63, 3.8) is 0 Å². The van der Waals surface area contributed by atoms with Gasteiger partial charge in [0.15, 0.2) is 0 Å². The number of nitrogens with one attached hydrogen (secondary N) is 1. The van der Waals surface area contributed by atoms with Gasteiger partial charge in [0.1, 0.15) is 5.01 Å². The highest BCUT2D eigenvalue weighted by Crippen LogP contribution is 2.31. The minimum atomic E-state index is 1.02. The van der Waals surface area contributed by atoms with Crippen LogP contribution >= 0.6 is 11.3 Å². The quantitative estimate of drug-likeness (QED) is 0.572. The number of pyridine rings is 1. The first kappa shape index (κ1) is 13.0. The minimum absolute atomic E-state index is 1.02. The predicted molar refractivity (Wildman–Crippen MR) is 92.6 cm³/mol. The van der Waals surface area contributed by atoms with E-state index in [-0.39, 0.29) is 0 Å². The van der Waals surface area contributed by atoms with Crippen molar-refractivity contribution in [1.29, 1.82) is 0 Å². The molecule has 2 aromatic carbocycles. The third-order valence-electron chi connectivity index (χ3n) is 3.37. The monoisotopic (exact) mass is 303 g/mol. The first-order valence-corrected chi connectivity index (χ1v) is 7.83. The molecule has 0 aliphatic rings. The number of thiazole rings is 1. The van der Waals surface area contributed by atoms with Gasteiger partial charge in [0.2, 0.25) is 0 Å². The van der Waals surface area contributed by atoms with Crippen LogP contribution in [0.1, 0.15) is 0 Å². The first-order valence-electron chi connectivity index (χ1n) is 7.01. The van der Waals surface area contributed by atoms with E-state index in [4.69, 9.17) is 4.98 Å². The zero-order valence-electron chi connectivity index (χ0n) is 11.7. The molecule has 0 saturated heterocycles. The lowest BCUT2D eigenvalue weighted by Crippen LogP contribution is -1.90. The molecule has 0 unspecified atom stereocenters. The summed E-state index contributed by atoms with van der Waals surface area (Å²) in [5.41, 5.74) is 4.25. The molecule has 0 fully saturated rings. The molecule has 0 radical (unpaired) electrons. The van der Waals surface area contributed by atoms with Crippen molar-refractivity contribution in [3.8, 4) is 10.6 Å². The van der Waals surface area contributed by atoms with Gasteiger partial charge in [-0.15, -0.1) is 11.3 Å². The maximum atomic E-state index is 4.71. The van der Waals surface area contributed by atoms with E-state index in [1.165, 1.54) is 4.70 Å². The fourth-order valence-corrected chi connectivity index (χ4v) is 3.29. The van der Waals surface area contributed by atoms with Crippen molar-refractivity contribution in [2.24, 2.45) is 0 Å². The van der Waals surface area contributed by atoms with E-state index < -0.39 is 0 Å². The van der Waals surface area contributed by atoms with Gasteiger partial charge in [0.25, 0.3) is 0 Å². The number of para-hydroxylation sites is 1. The molecule has 3 nitrogen and oxygen atoms in total. The maximum Gasteiger partial charge on any atom is 0.124 e. The van der Waals surface area contributed by atoms with Crippen LogP contribution in [-0.2, 0) is 0 Å². The molecule has 0 amide bonds. The average Bonchev–Trinajstić information content (AvgIpc) is 3.00. The van der Waals surface area contributed by atoms with Crippen LogP contribution in [0.15, 0.2) is 73.1 Å². The Kier molecular flexibility index (Phi) is 3.29. The van der Waals surface area contributed by atoms with Gasteiger partial charge in [0.05, 0.1) is 10.2 Å². The molecule has 0 bridgehead atoms. The van der Waals surface area contributed by atoms with E-state index in [0.29, 0.717) is 0 Å². The summed E-state index contributed by atoms with van der Waals surface area (Å²) in [6.45, 7) is 0. The Labute approximate surface area is 132 Å². The number of hydrogen-bond donors (Lipinski definition) is 1. The highest BCUT2D eigenvalue weighted by Gasteiger charge is 2.06. The van der Waals surface area contributed by atoms with Crippen LogP contribution in [0, 0.1) is 0 Å². The molecule has 0 atom stereocenters. The van der Waals surface area contributed by atoms with Gasteiger partial charge in [0, 0.05) is 29.3 Å². The zero-order valence-corrected chi connectivity index (χ0v) is 12.5. The number of rotatable bonds is 3. The smallest absolute Gasteiger partial charge is 0.124 e. The standard InChI is InChI=1S/C18H13N3S/c1-2-7-17-16(6-1)21-18(22-17)13-4-3-5-15(12-13)20-14-8-10-19-11-9-14/h1-12H,(H,19,20). The van der Waals surface area contributed by atoms with Crippen LogP contribution in [0.4, 0.5) is 11.4 Å². The third-order valence-corrected chi connectivity index (χ3v) is 4.46. The second-order valence-electron chi connectivity index (χ2n) is 4.93. The highest BCUT2D eigenvalue weighted by atomic mass is 32.1. The summed E-state index contributed by atoms with van der Waals surface area (Å²) >= 11 is 1.72. The van der Waals surface area contributed by atoms with Crippen molar-refractivity contribution >= 4 is 32.9 Å². The fourth-order valence-electron chi connectivity index (χ4n) is 2.33. The van der Waals surface area contributed by atoms with E-state index in [0.717, 1.165) is 27.5 Å². The van der Waals surface area contributed by atoms with E-state index in [9.17, 15) is 0 Å². The van der Waals surface area contributed by atoms with Gasteiger partial charge in [-0.1, -0.05) is 24.3 Å². The lowest BCUT2D eigenvalue weighted by molar-refractivity contribution is 1.32. The van der Waals surface area contributed by atoms with Crippen molar-refractivity contribution in [3.05, 3.63) is 73.1 Å². The van der Waals surface area contributed by atoms with Crippen LogP contribution in [-0.4, -0.2) is 9.97 Å². The molecule has 4 aromatic rings. The molecule has 0 saturated carbocycles. The van der Waals surface area contributed by atoms with Gasteiger partial charge in [-0.2, -0.15) is 0 Å². The Morgan fingerprint density at radius 1 is 0.818 bits per heavy atom. The molecule has 0 aliphatic heterocycles. The Bertz CT molecular complexity index is 883. The Morgan fingerprint density at radius 3 is 2.55 bits per heavy atom. The number of fused-ring (bicyclic) bond motifs is 1. The van der Waals surface area contributed by atoms with Gasteiger partial charge in [-0.05, 0) is 36.4 Å².